The van der Waals surface area contributed by atoms with Gasteiger partial charge < -0.3 is 15.3 Å². The molecular formula is C27H26ClF5N6O4S. The first-order valence-corrected chi connectivity index (χ1v) is 15.0. The van der Waals surface area contributed by atoms with Crippen LogP contribution in [-0.2, 0) is 28.3 Å². The Balaban J connectivity index is 2.01. The zero-order valence-corrected chi connectivity index (χ0v) is 24.9. The standard InChI is InChI=1S/C27H26ClF5N6O4S/c1-38(8-9-40)21-7-5-17(18-4-6-19(28)22-24(18)39(2)36-25(22)37-44(3,42)43)23(35-21)20(34-26(41)27(31,32)33)12-14-10-15(29)13-16(30)11-14/h4-7,10-11,13,20,40H,8-9,12H2,1-3H3,(H,34,41)(H,36,37)/t20-/m0/s1. The first-order chi connectivity index (χ1) is 20.5. The number of halogens is 6. The van der Waals surface area contributed by atoms with E-state index < -0.39 is 46.2 Å². The summed E-state index contributed by atoms with van der Waals surface area (Å²) in [5.41, 5.74) is 0.527. The molecule has 1 atom stereocenters. The third kappa shape index (κ3) is 7.36. The number of hydrogen-bond donors (Lipinski definition) is 3. The number of carbonyl (C=O) groups excluding carboxylic acids is 1. The molecule has 236 valence electrons. The lowest BCUT2D eigenvalue weighted by atomic mass is 9.94. The number of nitrogens with zero attached hydrogens (tertiary/aromatic N) is 4. The number of aliphatic hydroxyl groups is 1. The normalized spacial score (nSPS) is 12.8. The Hall–Kier alpha value is -4.02. The van der Waals surface area contributed by atoms with Gasteiger partial charge in [-0.2, -0.15) is 18.3 Å². The maximum atomic E-state index is 14.1. The SMILES string of the molecule is CN(CCO)c1ccc(-c2ccc(Cl)c3c(NS(C)(=O)=O)nn(C)c23)c([C@H](Cc2cc(F)cc(F)c2)NC(=O)C(F)(F)F)n1. The number of rotatable bonds is 10. The molecule has 2 aromatic carbocycles. The summed E-state index contributed by atoms with van der Waals surface area (Å²) in [7, 11) is -0.741. The molecule has 0 aliphatic heterocycles. The Morgan fingerprint density at radius 2 is 1.75 bits per heavy atom. The topological polar surface area (TPSA) is 129 Å². The van der Waals surface area contributed by atoms with Gasteiger partial charge in [0.25, 0.3) is 0 Å². The van der Waals surface area contributed by atoms with Crippen molar-refractivity contribution < 1.29 is 40.3 Å². The number of pyridine rings is 1. The quantitative estimate of drug-likeness (QED) is 0.216. The van der Waals surface area contributed by atoms with E-state index in [0.29, 0.717) is 6.07 Å². The van der Waals surface area contributed by atoms with Crippen LogP contribution < -0.4 is 14.9 Å². The van der Waals surface area contributed by atoms with Crippen LogP contribution in [0.3, 0.4) is 0 Å². The number of alkyl halides is 3. The first kappa shape index (κ1) is 32.9. The Morgan fingerprint density at radius 1 is 1.11 bits per heavy atom. The molecule has 4 rings (SSSR count). The van der Waals surface area contributed by atoms with Crippen LogP contribution in [0.2, 0.25) is 5.02 Å². The fraction of sp³-hybridized carbons (Fsp3) is 0.296. The molecule has 4 aromatic rings. The number of nitrogens with one attached hydrogen (secondary N) is 2. The van der Waals surface area contributed by atoms with Crippen molar-refractivity contribution in [3.8, 4) is 11.1 Å². The second-order valence-electron chi connectivity index (χ2n) is 9.92. The zero-order chi connectivity index (χ0) is 32.6. The van der Waals surface area contributed by atoms with E-state index in [1.165, 1.54) is 40.9 Å². The molecule has 17 heteroatoms. The largest absolute Gasteiger partial charge is 0.471 e. The molecular weight excluding hydrogens is 635 g/mol. The van der Waals surface area contributed by atoms with Gasteiger partial charge in [-0.15, -0.1) is 0 Å². The number of sulfonamides is 1. The fourth-order valence-corrected chi connectivity index (χ4v) is 5.43. The van der Waals surface area contributed by atoms with Crippen LogP contribution in [0.5, 0.6) is 0 Å². The maximum absolute atomic E-state index is 14.1. The summed E-state index contributed by atoms with van der Waals surface area (Å²) in [4.78, 5) is 18.3. The van der Waals surface area contributed by atoms with Crippen molar-refractivity contribution in [1.82, 2.24) is 20.1 Å². The Kier molecular flexibility index (Phi) is 9.37. The van der Waals surface area contributed by atoms with Gasteiger partial charge in [-0.05, 0) is 42.3 Å². The lowest BCUT2D eigenvalue weighted by molar-refractivity contribution is -0.174. The molecule has 0 spiro atoms. The van der Waals surface area contributed by atoms with Gasteiger partial charge in [0.05, 0.1) is 40.5 Å². The van der Waals surface area contributed by atoms with E-state index in [0.717, 1.165) is 18.4 Å². The summed E-state index contributed by atoms with van der Waals surface area (Å²) in [6, 6.07) is 6.80. The molecule has 0 aliphatic rings. The van der Waals surface area contributed by atoms with Gasteiger partial charge in [-0.1, -0.05) is 17.7 Å². The van der Waals surface area contributed by atoms with Crippen LogP contribution in [0.15, 0.2) is 42.5 Å². The second kappa shape index (κ2) is 12.5. The molecule has 1 amide bonds. The molecule has 3 N–H and O–H groups in total. The number of amides is 1. The lowest BCUT2D eigenvalue weighted by Gasteiger charge is -2.25. The molecule has 0 saturated carbocycles. The van der Waals surface area contributed by atoms with Crippen molar-refractivity contribution in [1.29, 1.82) is 0 Å². The van der Waals surface area contributed by atoms with Crippen molar-refractivity contribution in [2.75, 3.05) is 36.1 Å². The minimum Gasteiger partial charge on any atom is -0.395 e. The number of carbonyl (C=O) groups is 1. The Bertz CT molecular complexity index is 1810. The highest BCUT2D eigenvalue weighted by Crippen LogP contribution is 2.40. The predicted octanol–water partition coefficient (Wildman–Crippen LogP) is 4.33. The summed E-state index contributed by atoms with van der Waals surface area (Å²) >= 11 is 6.44. The van der Waals surface area contributed by atoms with Crippen molar-refractivity contribution in [2.45, 2.75) is 18.6 Å². The van der Waals surface area contributed by atoms with Crippen molar-refractivity contribution >= 4 is 50.1 Å². The number of aliphatic hydroxyl groups excluding tert-OH is 1. The molecule has 0 saturated heterocycles. The summed E-state index contributed by atoms with van der Waals surface area (Å²) in [5.74, 6) is -4.19. The summed E-state index contributed by atoms with van der Waals surface area (Å²) in [6.07, 6.45) is -4.90. The van der Waals surface area contributed by atoms with Crippen LogP contribution >= 0.6 is 11.6 Å². The number of benzene rings is 2. The van der Waals surface area contributed by atoms with E-state index in [1.807, 2.05) is 5.32 Å². The molecule has 0 bridgehead atoms. The molecule has 44 heavy (non-hydrogen) atoms. The van der Waals surface area contributed by atoms with Gasteiger partial charge in [0.2, 0.25) is 10.0 Å². The number of aromatic nitrogens is 3. The molecule has 10 nitrogen and oxygen atoms in total. The van der Waals surface area contributed by atoms with E-state index in [9.17, 15) is 40.3 Å². The minimum atomic E-state index is -5.31. The Labute approximate surface area is 253 Å². The monoisotopic (exact) mass is 660 g/mol. The highest BCUT2D eigenvalue weighted by atomic mass is 35.5. The van der Waals surface area contributed by atoms with Gasteiger partial charge in [-0.3, -0.25) is 14.2 Å². The number of hydrogen-bond acceptors (Lipinski definition) is 7. The van der Waals surface area contributed by atoms with Crippen LogP contribution in [0.25, 0.3) is 22.0 Å². The van der Waals surface area contributed by atoms with Crippen molar-refractivity contribution in [2.24, 2.45) is 7.05 Å². The van der Waals surface area contributed by atoms with Crippen LogP contribution in [0.4, 0.5) is 33.6 Å². The molecule has 0 radical (unpaired) electrons. The average molecular weight is 661 g/mol. The number of fused-ring (bicyclic) bond motifs is 1. The van der Waals surface area contributed by atoms with Crippen LogP contribution in [-0.4, -0.2) is 66.8 Å². The molecule has 2 heterocycles. The number of likely N-dealkylation sites (N-methyl/N-ethyl adjacent to an activating group) is 1. The smallest absolute Gasteiger partial charge is 0.395 e. The van der Waals surface area contributed by atoms with Crippen molar-refractivity contribution in [3.05, 3.63) is 70.4 Å². The molecule has 0 aliphatic carbocycles. The molecule has 0 unspecified atom stereocenters. The summed E-state index contributed by atoms with van der Waals surface area (Å²) in [6.45, 7) is -0.192. The average Bonchev–Trinajstić information content (AvgIpc) is 3.22. The second-order valence-corrected chi connectivity index (χ2v) is 12.1. The van der Waals surface area contributed by atoms with E-state index in [1.54, 1.807) is 7.05 Å². The lowest BCUT2D eigenvalue weighted by Crippen LogP contribution is -2.40. The third-order valence-electron chi connectivity index (χ3n) is 6.50. The zero-order valence-electron chi connectivity index (χ0n) is 23.4. The van der Waals surface area contributed by atoms with Crippen molar-refractivity contribution in [3.63, 3.8) is 0 Å². The highest BCUT2D eigenvalue weighted by molar-refractivity contribution is 7.92. The number of aryl methyl sites for hydroxylation is 1. The van der Waals surface area contributed by atoms with E-state index in [2.05, 4.69) is 14.8 Å². The van der Waals surface area contributed by atoms with E-state index in [4.69, 9.17) is 11.6 Å². The minimum absolute atomic E-state index is 0.0711. The molecule has 0 fully saturated rings. The first-order valence-electron chi connectivity index (χ1n) is 12.8. The van der Waals surface area contributed by atoms with Crippen LogP contribution in [0, 0.1) is 11.6 Å². The third-order valence-corrected chi connectivity index (χ3v) is 7.38. The highest BCUT2D eigenvalue weighted by Gasteiger charge is 2.40. The van der Waals surface area contributed by atoms with Gasteiger partial charge >= 0.3 is 12.1 Å². The van der Waals surface area contributed by atoms with Gasteiger partial charge in [0.15, 0.2) is 5.82 Å². The predicted molar refractivity (Wildman–Crippen MR) is 155 cm³/mol. The Morgan fingerprint density at radius 3 is 2.34 bits per heavy atom. The van der Waals surface area contributed by atoms with Crippen LogP contribution in [0.1, 0.15) is 17.3 Å². The number of anilines is 2. The van der Waals surface area contributed by atoms with Gasteiger partial charge in [-0.25, -0.2) is 22.2 Å². The summed E-state index contributed by atoms with van der Waals surface area (Å²) in [5, 5.41) is 15.8. The van der Waals surface area contributed by atoms with E-state index in [-0.39, 0.29) is 63.1 Å². The van der Waals surface area contributed by atoms with Gasteiger partial charge in [0, 0.05) is 37.8 Å². The summed E-state index contributed by atoms with van der Waals surface area (Å²) < 4.78 is 96.3. The maximum Gasteiger partial charge on any atom is 0.471 e. The fourth-order valence-electron chi connectivity index (χ4n) is 4.70. The molecule has 2 aromatic heterocycles. The van der Waals surface area contributed by atoms with E-state index >= 15 is 0 Å². The van der Waals surface area contributed by atoms with Gasteiger partial charge in [0.1, 0.15) is 17.5 Å².